The molecule has 0 amide bonds. The molecule has 3 rings (SSSR count). The zero-order valence-corrected chi connectivity index (χ0v) is 18.4. The highest BCUT2D eigenvalue weighted by Gasteiger charge is 2.26. The van der Waals surface area contributed by atoms with Crippen molar-refractivity contribution in [3.05, 3.63) is 59.7 Å². The molecule has 0 spiro atoms. The highest BCUT2D eigenvalue weighted by atomic mass is 32.1. The fourth-order valence-corrected chi connectivity index (χ4v) is 3.84. The monoisotopic (exact) mass is 414 g/mol. The molecule has 1 aliphatic heterocycles. The molecule has 2 aromatic rings. The van der Waals surface area contributed by atoms with E-state index in [4.69, 9.17) is 21.7 Å². The Kier molecular flexibility index (Phi) is 7.86. The number of nitrogens with one attached hydrogen (secondary N) is 3. The maximum absolute atomic E-state index is 5.55. The minimum Gasteiger partial charge on any atom is -0.497 e. The van der Waals surface area contributed by atoms with Crippen molar-refractivity contribution < 1.29 is 14.4 Å². The Balaban J connectivity index is 1.62. The smallest absolute Gasteiger partial charge is 0.171 e. The number of ether oxygens (including phenoxy) is 2. The standard InChI is InChI=1S/C23H31N3O2S/c1-17(2)18-4-8-20(9-5-18)25-23(29)24-16-22(26-12-14-28-15-13-26)19-6-10-21(27-3)11-7-19/h4-11,17,22H,12-16H2,1-3H3,(H2,24,25,29)/p+1/t22-/m0/s1. The first-order valence-electron chi connectivity index (χ1n) is 10.3. The Morgan fingerprint density at radius 2 is 1.66 bits per heavy atom. The summed E-state index contributed by atoms with van der Waals surface area (Å²) in [6.07, 6.45) is 0. The zero-order valence-electron chi connectivity index (χ0n) is 17.5. The van der Waals surface area contributed by atoms with E-state index in [2.05, 4.69) is 60.9 Å². The molecular formula is C23H32N3O2S+. The second-order valence-electron chi connectivity index (χ2n) is 7.71. The summed E-state index contributed by atoms with van der Waals surface area (Å²) < 4.78 is 10.9. The molecule has 0 radical (unpaired) electrons. The molecular weight excluding hydrogens is 382 g/mol. The summed E-state index contributed by atoms with van der Waals surface area (Å²) in [5.74, 6) is 1.40. The van der Waals surface area contributed by atoms with Gasteiger partial charge in [-0.15, -0.1) is 0 Å². The van der Waals surface area contributed by atoms with Gasteiger partial charge >= 0.3 is 0 Å². The van der Waals surface area contributed by atoms with Crippen molar-refractivity contribution in [2.24, 2.45) is 0 Å². The third-order valence-corrected chi connectivity index (χ3v) is 5.69. The summed E-state index contributed by atoms with van der Waals surface area (Å²) in [6.45, 7) is 8.74. The second kappa shape index (κ2) is 10.6. The van der Waals surface area contributed by atoms with E-state index in [9.17, 15) is 0 Å². The molecule has 1 fully saturated rings. The van der Waals surface area contributed by atoms with Crippen molar-refractivity contribution in [1.29, 1.82) is 0 Å². The number of hydrogen-bond acceptors (Lipinski definition) is 3. The van der Waals surface area contributed by atoms with Crippen molar-refractivity contribution >= 4 is 23.0 Å². The lowest BCUT2D eigenvalue weighted by atomic mass is 10.0. The highest BCUT2D eigenvalue weighted by Crippen LogP contribution is 2.18. The fraction of sp³-hybridized carbons (Fsp3) is 0.435. The number of rotatable bonds is 7. The van der Waals surface area contributed by atoms with Crippen LogP contribution in [0.4, 0.5) is 5.69 Å². The van der Waals surface area contributed by atoms with Crippen LogP contribution in [-0.4, -0.2) is 45.1 Å². The van der Waals surface area contributed by atoms with E-state index in [-0.39, 0.29) is 0 Å². The number of anilines is 1. The molecule has 0 aromatic heterocycles. The summed E-state index contributed by atoms with van der Waals surface area (Å²) in [6, 6.07) is 17.1. The Morgan fingerprint density at radius 1 is 1.03 bits per heavy atom. The number of quaternary nitrogens is 1. The summed E-state index contributed by atoms with van der Waals surface area (Å²) in [5.41, 5.74) is 3.61. The summed E-state index contributed by atoms with van der Waals surface area (Å²) in [5, 5.41) is 7.37. The number of morpholine rings is 1. The largest absolute Gasteiger partial charge is 0.497 e. The topological polar surface area (TPSA) is 47.0 Å². The molecule has 3 N–H and O–H groups in total. The number of benzene rings is 2. The summed E-state index contributed by atoms with van der Waals surface area (Å²) in [7, 11) is 1.69. The van der Waals surface area contributed by atoms with E-state index in [1.807, 2.05) is 12.1 Å². The van der Waals surface area contributed by atoms with Crippen LogP contribution >= 0.6 is 12.2 Å². The molecule has 2 aromatic carbocycles. The van der Waals surface area contributed by atoms with Crippen molar-refractivity contribution in [3.63, 3.8) is 0 Å². The van der Waals surface area contributed by atoms with Crippen molar-refractivity contribution in [2.45, 2.75) is 25.8 Å². The van der Waals surface area contributed by atoms with Crippen molar-refractivity contribution in [2.75, 3.05) is 45.3 Å². The van der Waals surface area contributed by atoms with Crippen molar-refractivity contribution in [3.8, 4) is 5.75 Å². The molecule has 1 saturated heterocycles. The number of methoxy groups -OCH3 is 1. The van der Waals surface area contributed by atoms with E-state index in [0.717, 1.165) is 44.3 Å². The highest BCUT2D eigenvalue weighted by molar-refractivity contribution is 7.80. The number of thiocarbonyl (C=S) groups is 1. The van der Waals surface area contributed by atoms with Crippen LogP contribution in [0.1, 0.15) is 36.9 Å². The van der Waals surface area contributed by atoms with Crippen LogP contribution in [0.5, 0.6) is 5.75 Å². The predicted octanol–water partition coefficient (Wildman–Crippen LogP) is 2.76. The first-order valence-corrected chi connectivity index (χ1v) is 10.7. The molecule has 1 heterocycles. The summed E-state index contributed by atoms with van der Waals surface area (Å²) in [4.78, 5) is 1.51. The van der Waals surface area contributed by atoms with Gasteiger partial charge in [0, 0.05) is 11.3 Å². The summed E-state index contributed by atoms with van der Waals surface area (Å²) >= 11 is 5.55. The Labute approximate surface area is 179 Å². The van der Waals surface area contributed by atoms with Crippen LogP contribution in [-0.2, 0) is 4.74 Å². The van der Waals surface area contributed by atoms with Gasteiger partial charge in [0.15, 0.2) is 5.11 Å². The van der Waals surface area contributed by atoms with Gasteiger partial charge in [-0.2, -0.15) is 0 Å². The van der Waals surface area contributed by atoms with Gasteiger partial charge in [0.2, 0.25) is 0 Å². The third-order valence-electron chi connectivity index (χ3n) is 5.45. The maximum atomic E-state index is 5.55. The second-order valence-corrected chi connectivity index (χ2v) is 8.12. The lowest BCUT2D eigenvalue weighted by Gasteiger charge is -2.32. The van der Waals surface area contributed by atoms with Gasteiger partial charge in [-0.25, -0.2) is 0 Å². The average Bonchev–Trinajstić information content (AvgIpc) is 2.75. The lowest BCUT2D eigenvalue weighted by Crippen LogP contribution is -3.15. The number of hydrogen-bond donors (Lipinski definition) is 3. The quantitative estimate of drug-likeness (QED) is 0.608. The van der Waals surface area contributed by atoms with Crippen LogP contribution in [0.15, 0.2) is 48.5 Å². The van der Waals surface area contributed by atoms with Crippen LogP contribution in [0.3, 0.4) is 0 Å². The van der Waals surface area contributed by atoms with E-state index in [1.54, 1.807) is 7.11 Å². The molecule has 1 aliphatic rings. The molecule has 0 bridgehead atoms. The first kappa shape index (κ1) is 21.6. The molecule has 156 valence electrons. The van der Waals surface area contributed by atoms with Gasteiger partial charge in [-0.3, -0.25) is 0 Å². The van der Waals surface area contributed by atoms with Gasteiger partial charge in [-0.1, -0.05) is 26.0 Å². The van der Waals surface area contributed by atoms with Gasteiger partial charge in [0.05, 0.1) is 26.9 Å². The van der Waals surface area contributed by atoms with E-state index >= 15 is 0 Å². The third kappa shape index (κ3) is 6.16. The minimum atomic E-state index is 0.299. The van der Waals surface area contributed by atoms with E-state index < -0.39 is 0 Å². The Bertz CT molecular complexity index is 772. The lowest BCUT2D eigenvalue weighted by molar-refractivity contribution is -0.937. The Morgan fingerprint density at radius 3 is 2.24 bits per heavy atom. The van der Waals surface area contributed by atoms with Crippen LogP contribution in [0.2, 0.25) is 0 Å². The normalized spacial score (nSPS) is 15.7. The molecule has 0 unspecified atom stereocenters. The zero-order chi connectivity index (χ0) is 20.6. The molecule has 1 atom stereocenters. The van der Waals surface area contributed by atoms with Gasteiger partial charge in [-0.05, 0) is 60.1 Å². The average molecular weight is 415 g/mol. The molecule has 0 saturated carbocycles. The van der Waals surface area contributed by atoms with Gasteiger partial charge < -0.3 is 25.0 Å². The molecule has 6 heteroatoms. The first-order chi connectivity index (χ1) is 14.1. The van der Waals surface area contributed by atoms with Crippen molar-refractivity contribution in [1.82, 2.24) is 5.32 Å². The van der Waals surface area contributed by atoms with Crippen LogP contribution in [0.25, 0.3) is 0 Å². The van der Waals surface area contributed by atoms with Gasteiger partial charge in [0.1, 0.15) is 24.9 Å². The molecule has 29 heavy (non-hydrogen) atoms. The van der Waals surface area contributed by atoms with E-state index in [1.165, 1.54) is 16.0 Å². The molecule has 0 aliphatic carbocycles. The molecule has 5 nitrogen and oxygen atoms in total. The Hall–Kier alpha value is -2.15. The minimum absolute atomic E-state index is 0.299. The van der Waals surface area contributed by atoms with Crippen LogP contribution in [0, 0.1) is 0 Å². The maximum Gasteiger partial charge on any atom is 0.171 e. The van der Waals surface area contributed by atoms with Crippen LogP contribution < -0.4 is 20.3 Å². The SMILES string of the molecule is COc1ccc([C@H](CNC(=S)Nc2ccc(C(C)C)cc2)[NH+]2CCOCC2)cc1. The predicted molar refractivity (Wildman–Crippen MR) is 122 cm³/mol. The fourth-order valence-electron chi connectivity index (χ4n) is 3.64. The van der Waals surface area contributed by atoms with E-state index in [0.29, 0.717) is 17.1 Å². The van der Waals surface area contributed by atoms with Gasteiger partial charge in [0.25, 0.3) is 0 Å².